The molecular formula is C16H12N2O2S. The zero-order valence-electron chi connectivity index (χ0n) is 11.1. The van der Waals surface area contributed by atoms with E-state index in [-0.39, 0.29) is 4.88 Å². The van der Waals surface area contributed by atoms with Gasteiger partial charge in [-0.15, -0.1) is 11.3 Å². The number of carboxylic acids is 1. The number of hydrogen-bond donors (Lipinski definition) is 1. The highest BCUT2D eigenvalue weighted by Gasteiger charge is 2.18. The van der Waals surface area contributed by atoms with Crippen LogP contribution in [0.2, 0.25) is 0 Å². The molecule has 2 heterocycles. The average molecular weight is 296 g/mol. The van der Waals surface area contributed by atoms with Gasteiger partial charge in [0.1, 0.15) is 4.88 Å². The normalized spacial score (nSPS) is 10.5. The number of thiazole rings is 1. The summed E-state index contributed by atoms with van der Waals surface area (Å²) in [7, 11) is 0. The summed E-state index contributed by atoms with van der Waals surface area (Å²) in [6.45, 7) is 0. The number of pyridine rings is 1. The minimum Gasteiger partial charge on any atom is -0.477 e. The van der Waals surface area contributed by atoms with E-state index >= 15 is 0 Å². The maximum Gasteiger partial charge on any atom is 0.348 e. The second-order valence-corrected chi connectivity index (χ2v) is 5.57. The average Bonchev–Trinajstić information content (AvgIpc) is 2.93. The van der Waals surface area contributed by atoms with E-state index in [4.69, 9.17) is 0 Å². The Morgan fingerprint density at radius 1 is 1.10 bits per heavy atom. The largest absolute Gasteiger partial charge is 0.477 e. The van der Waals surface area contributed by atoms with E-state index in [0.29, 0.717) is 12.1 Å². The van der Waals surface area contributed by atoms with Gasteiger partial charge in [0.2, 0.25) is 0 Å². The number of aromatic nitrogens is 2. The van der Waals surface area contributed by atoms with Crippen molar-refractivity contribution in [3.8, 4) is 11.3 Å². The van der Waals surface area contributed by atoms with Gasteiger partial charge in [-0.3, -0.25) is 4.98 Å². The molecule has 0 spiro atoms. The summed E-state index contributed by atoms with van der Waals surface area (Å²) in [5.74, 6) is -0.946. The molecule has 0 atom stereocenters. The molecule has 5 heteroatoms. The molecule has 0 fully saturated rings. The van der Waals surface area contributed by atoms with Crippen molar-refractivity contribution in [3.05, 3.63) is 70.3 Å². The van der Waals surface area contributed by atoms with Crippen molar-refractivity contribution in [2.24, 2.45) is 0 Å². The number of nitrogens with zero attached hydrogens (tertiary/aromatic N) is 2. The van der Waals surface area contributed by atoms with Crippen LogP contribution in [-0.4, -0.2) is 21.0 Å². The van der Waals surface area contributed by atoms with Crippen molar-refractivity contribution in [2.75, 3.05) is 0 Å². The molecule has 0 bridgehead atoms. The summed E-state index contributed by atoms with van der Waals surface area (Å²) < 4.78 is 0. The van der Waals surface area contributed by atoms with E-state index in [1.807, 2.05) is 30.3 Å². The molecule has 4 nitrogen and oxygen atoms in total. The molecule has 0 unspecified atom stereocenters. The lowest BCUT2D eigenvalue weighted by atomic mass is 10.1. The Balaban J connectivity index is 1.99. The zero-order chi connectivity index (χ0) is 14.7. The second kappa shape index (κ2) is 5.85. The monoisotopic (exact) mass is 296 g/mol. The van der Waals surface area contributed by atoms with E-state index in [1.165, 1.54) is 11.3 Å². The zero-order valence-corrected chi connectivity index (χ0v) is 11.9. The Morgan fingerprint density at radius 3 is 2.48 bits per heavy atom. The lowest BCUT2D eigenvalue weighted by Crippen LogP contribution is -1.95. The lowest BCUT2D eigenvalue weighted by molar-refractivity contribution is 0.0702. The van der Waals surface area contributed by atoms with Crippen molar-refractivity contribution in [1.29, 1.82) is 0 Å². The summed E-state index contributed by atoms with van der Waals surface area (Å²) in [4.78, 5) is 20.1. The summed E-state index contributed by atoms with van der Waals surface area (Å²) in [6.07, 6.45) is 3.91. The molecule has 0 aliphatic rings. The minimum absolute atomic E-state index is 0.270. The molecule has 2 aromatic heterocycles. The molecule has 1 aromatic carbocycles. The number of carboxylic acid groups (broad SMARTS) is 1. The molecule has 3 aromatic rings. The van der Waals surface area contributed by atoms with Gasteiger partial charge in [0.25, 0.3) is 0 Å². The molecule has 0 saturated heterocycles. The first kappa shape index (κ1) is 13.5. The minimum atomic E-state index is -0.946. The van der Waals surface area contributed by atoms with Gasteiger partial charge in [-0.1, -0.05) is 30.3 Å². The summed E-state index contributed by atoms with van der Waals surface area (Å²) >= 11 is 1.23. The second-order valence-electron chi connectivity index (χ2n) is 4.49. The number of benzene rings is 1. The van der Waals surface area contributed by atoms with Crippen molar-refractivity contribution >= 4 is 17.3 Å². The van der Waals surface area contributed by atoms with Crippen LogP contribution in [0.3, 0.4) is 0 Å². The van der Waals surface area contributed by atoms with Gasteiger partial charge in [-0.05, 0) is 17.7 Å². The highest BCUT2D eigenvalue weighted by molar-refractivity contribution is 7.14. The first-order valence-corrected chi connectivity index (χ1v) is 7.23. The Labute approximate surface area is 125 Å². The molecule has 0 amide bonds. The molecule has 0 aliphatic heterocycles. The third-order valence-corrected chi connectivity index (χ3v) is 4.06. The van der Waals surface area contributed by atoms with Crippen LogP contribution >= 0.6 is 11.3 Å². The molecule has 0 saturated carbocycles. The first-order valence-electron chi connectivity index (χ1n) is 6.41. The fourth-order valence-electron chi connectivity index (χ4n) is 2.06. The topological polar surface area (TPSA) is 63.1 Å². The van der Waals surface area contributed by atoms with Gasteiger partial charge in [-0.25, -0.2) is 9.78 Å². The quantitative estimate of drug-likeness (QED) is 0.800. The Bertz CT molecular complexity index is 754. The molecular weight excluding hydrogens is 284 g/mol. The van der Waals surface area contributed by atoms with Crippen LogP contribution < -0.4 is 0 Å². The fraction of sp³-hybridized carbons (Fsp3) is 0.0625. The fourth-order valence-corrected chi connectivity index (χ4v) is 3.02. The molecule has 0 radical (unpaired) electrons. The molecule has 21 heavy (non-hydrogen) atoms. The van der Waals surface area contributed by atoms with E-state index in [2.05, 4.69) is 9.97 Å². The number of aromatic carboxylic acids is 1. The lowest BCUT2D eigenvalue weighted by Gasteiger charge is -1.97. The Hall–Kier alpha value is -2.53. The van der Waals surface area contributed by atoms with Gasteiger partial charge in [0, 0.05) is 24.4 Å². The van der Waals surface area contributed by atoms with Crippen LogP contribution in [-0.2, 0) is 6.42 Å². The Morgan fingerprint density at radius 2 is 1.81 bits per heavy atom. The van der Waals surface area contributed by atoms with Crippen LogP contribution in [0.1, 0.15) is 20.2 Å². The third-order valence-electron chi connectivity index (χ3n) is 3.02. The van der Waals surface area contributed by atoms with E-state index in [9.17, 15) is 9.90 Å². The van der Waals surface area contributed by atoms with Crippen molar-refractivity contribution in [3.63, 3.8) is 0 Å². The van der Waals surface area contributed by atoms with Gasteiger partial charge in [0.05, 0.1) is 10.7 Å². The van der Waals surface area contributed by atoms with Crippen molar-refractivity contribution in [1.82, 2.24) is 9.97 Å². The van der Waals surface area contributed by atoms with Crippen LogP contribution in [0.4, 0.5) is 0 Å². The van der Waals surface area contributed by atoms with Crippen molar-refractivity contribution in [2.45, 2.75) is 6.42 Å². The summed E-state index contributed by atoms with van der Waals surface area (Å²) in [5, 5.41) is 10.2. The summed E-state index contributed by atoms with van der Waals surface area (Å²) in [5.41, 5.74) is 2.41. The van der Waals surface area contributed by atoms with Gasteiger partial charge in [-0.2, -0.15) is 0 Å². The number of hydrogen-bond acceptors (Lipinski definition) is 4. The van der Waals surface area contributed by atoms with Gasteiger partial charge < -0.3 is 5.11 Å². The number of rotatable bonds is 4. The predicted molar refractivity (Wildman–Crippen MR) is 81.6 cm³/mol. The summed E-state index contributed by atoms with van der Waals surface area (Å²) in [6, 6.07) is 13.4. The molecule has 104 valence electrons. The van der Waals surface area contributed by atoms with E-state index < -0.39 is 5.97 Å². The van der Waals surface area contributed by atoms with Gasteiger partial charge >= 0.3 is 5.97 Å². The maximum absolute atomic E-state index is 11.4. The molecule has 3 rings (SSSR count). The van der Waals surface area contributed by atoms with Crippen LogP contribution in [0.25, 0.3) is 11.3 Å². The highest BCUT2D eigenvalue weighted by Crippen LogP contribution is 2.29. The SMILES string of the molecule is O=C(O)c1sc(Cc2ccccc2)nc1-c1ccncc1. The van der Waals surface area contributed by atoms with Crippen LogP contribution in [0.5, 0.6) is 0 Å². The van der Waals surface area contributed by atoms with E-state index in [0.717, 1.165) is 16.1 Å². The first-order chi connectivity index (χ1) is 10.2. The van der Waals surface area contributed by atoms with Crippen LogP contribution in [0, 0.1) is 0 Å². The third kappa shape index (κ3) is 2.98. The maximum atomic E-state index is 11.4. The smallest absolute Gasteiger partial charge is 0.348 e. The standard InChI is InChI=1S/C16H12N2O2S/c19-16(20)15-14(12-6-8-17-9-7-12)18-13(21-15)10-11-4-2-1-3-5-11/h1-9H,10H2,(H,19,20). The molecule has 1 N–H and O–H groups in total. The predicted octanol–water partition coefficient (Wildman–Crippen LogP) is 3.49. The highest BCUT2D eigenvalue weighted by atomic mass is 32.1. The Kier molecular flexibility index (Phi) is 3.75. The molecule has 0 aliphatic carbocycles. The number of carbonyl (C=O) groups is 1. The van der Waals surface area contributed by atoms with Crippen LogP contribution in [0.15, 0.2) is 54.9 Å². The van der Waals surface area contributed by atoms with Gasteiger partial charge in [0.15, 0.2) is 0 Å². The van der Waals surface area contributed by atoms with Crippen molar-refractivity contribution < 1.29 is 9.90 Å². The van der Waals surface area contributed by atoms with E-state index in [1.54, 1.807) is 24.5 Å².